The van der Waals surface area contributed by atoms with Crippen molar-refractivity contribution in [1.82, 2.24) is 8.96 Å². The van der Waals surface area contributed by atoms with E-state index < -0.39 is 10.3 Å². The summed E-state index contributed by atoms with van der Waals surface area (Å²) in [6.07, 6.45) is 0. The Hall–Kier alpha value is -3.49. The van der Waals surface area contributed by atoms with Crippen molar-refractivity contribution in [3.63, 3.8) is 0 Å². The summed E-state index contributed by atoms with van der Waals surface area (Å²) in [5.74, 6) is 0. The van der Waals surface area contributed by atoms with E-state index in [1.165, 1.54) is 18.2 Å². The average Bonchev–Trinajstić information content (AvgIpc) is 2.69. The Balaban J connectivity index is 2.17. The predicted octanol–water partition coefficient (Wildman–Crippen LogP) is 3.42. The molecule has 0 fully saturated rings. The summed E-state index contributed by atoms with van der Waals surface area (Å²) in [5, 5.41) is 0.984. The third-order valence-electron chi connectivity index (χ3n) is 5.52. The van der Waals surface area contributed by atoms with Crippen LogP contribution in [0, 0.1) is 13.8 Å². The maximum Gasteiger partial charge on any atom is 0.364 e. The second-order valence-electron chi connectivity index (χ2n) is 7.41. The number of aryl methyl sites for hydroxylation is 2. The van der Waals surface area contributed by atoms with Gasteiger partial charge >= 0.3 is 10.3 Å². The molecule has 0 aliphatic heterocycles. The molecular weight excluding hydrogens is 404 g/mol. The molecule has 0 radical (unpaired) electrons. The fourth-order valence-electron chi connectivity index (χ4n) is 4.18. The number of nitrogens with one attached hydrogen (secondary N) is 1. The van der Waals surface area contributed by atoms with E-state index in [1.54, 1.807) is 31.2 Å². The molecule has 0 atom stereocenters. The van der Waals surface area contributed by atoms with Gasteiger partial charge in [0.2, 0.25) is 0 Å². The smallest absolute Gasteiger partial charge is 0.354 e. The molecule has 150 valence electrons. The summed E-state index contributed by atoms with van der Waals surface area (Å²) >= 11 is 0. The van der Waals surface area contributed by atoms with Crippen molar-refractivity contribution in [3.8, 4) is 0 Å². The second kappa shape index (κ2) is 6.01. The monoisotopic (exact) mass is 420 g/mol. The minimum absolute atomic E-state index is 0.0382. The zero-order valence-corrected chi connectivity index (χ0v) is 16.9. The number of aromatic amines is 1. The number of fused-ring (bicyclic) bond motifs is 4. The first-order valence-corrected chi connectivity index (χ1v) is 10.6. The van der Waals surface area contributed by atoms with Crippen LogP contribution in [0.5, 0.6) is 0 Å². The largest absolute Gasteiger partial charge is 0.364 e. The topological polar surface area (TPSA) is 109 Å². The molecule has 5 aromatic rings. The van der Waals surface area contributed by atoms with Crippen molar-refractivity contribution in [2.75, 3.05) is 0 Å². The van der Waals surface area contributed by atoms with Crippen molar-refractivity contribution in [2.24, 2.45) is 0 Å². The molecule has 0 saturated carbocycles. The van der Waals surface area contributed by atoms with Crippen LogP contribution in [0.3, 0.4) is 0 Å². The molecule has 8 heteroatoms. The zero-order chi connectivity index (χ0) is 21.4. The number of hydrogen-bond acceptors (Lipinski definition) is 4. The van der Waals surface area contributed by atoms with Gasteiger partial charge in [0.25, 0.3) is 0 Å². The molecule has 5 rings (SSSR count). The highest BCUT2D eigenvalue weighted by molar-refractivity contribution is 7.84. The summed E-state index contributed by atoms with van der Waals surface area (Å²) in [4.78, 5) is 29.7. The van der Waals surface area contributed by atoms with Crippen LogP contribution >= 0.6 is 0 Å². The number of rotatable bonds is 1. The van der Waals surface area contributed by atoms with Gasteiger partial charge in [0.1, 0.15) is 0 Å². The standard InChI is InChI=1S/C22H16N2O5S/c1-11-7-8-16-14(9-11)21(25)15-10-18-19(12(2)20(15)23-16)22(26)13-5-3-4-6-17(13)24(18)30(27,28)29/h3-10H,1-2H3,(H,23,25)(H,27,28,29). The highest BCUT2D eigenvalue weighted by Crippen LogP contribution is 2.28. The van der Waals surface area contributed by atoms with E-state index in [1.807, 2.05) is 13.0 Å². The molecule has 0 spiro atoms. The van der Waals surface area contributed by atoms with Gasteiger partial charge < -0.3 is 4.98 Å². The van der Waals surface area contributed by atoms with Crippen molar-refractivity contribution in [3.05, 3.63) is 80.1 Å². The Morgan fingerprint density at radius 1 is 0.867 bits per heavy atom. The lowest BCUT2D eigenvalue weighted by Crippen LogP contribution is -2.19. The first kappa shape index (κ1) is 18.5. The molecule has 0 aliphatic rings. The summed E-state index contributed by atoms with van der Waals surface area (Å²) in [6, 6.07) is 12.9. The molecule has 0 bridgehead atoms. The molecule has 30 heavy (non-hydrogen) atoms. The van der Waals surface area contributed by atoms with Crippen LogP contribution in [-0.2, 0) is 10.3 Å². The van der Waals surface area contributed by atoms with E-state index in [-0.39, 0.29) is 38.0 Å². The van der Waals surface area contributed by atoms with E-state index >= 15 is 0 Å². The number of H-pyrrole nitrogens is 1. The van der Waals surface area contributed by atoms with Crippen LogP contribution in [0.4, 0.5) is 0 Å². The van der Waals surface area contributed by atoms with Gasteiger partial charge in [0, 0.05) is 21.7 Å². The van der Waals surface area contributed by atoms with E-state index in [2.05, 4.69) is 4.98 Å². The van der Waals surface area contributed by atoms with Crippen LogP contribution in [0.1, 0.15) is 11.1 Å². The van der Waals surface area contributed by atoms with Gasteiger partial charge in [-0.25, -0.2) is 3.97 Å². The maximum absolute atomic E-state index is 13.2. The summed E-state index contributed by atoms with van der Waals surface area (Å²) in [7, 11) is -4.75. The molecule has 2 N–H and O–H groups in total. The molecule has 2 heterocycles. The second-order valence-corrected chi connectivity index (χ2v) is 8.67. The Morgan fingerprint density at radius 2 is 1.60 bits per heavy atom. The maximum atomic E-state index is 13.2. The molecular formula is C22H16N2O5S. The fourth-order valence-corrected chi connectivity index (χ4v) is 4.98. The summed E-state index contributed by atoms with van der Waals surface area (Å²) in [5.41, 5.74) is 1.78. The van der Waals surface area contributed by atoms with Crippen LogP contribution in [-0.4, -0.2) is 21.9 Å². The van der Waals surface area contributed by atoms with Crippen molar-refractivity contribution in [1.29, 1.82) is 0 Å². The zero-order valence-electron chi connectivity index (χ0n) is 16.1. The predicted molar refractivity (Wildman–Crippen MR) is 118 cm³/mol. The number of benzene rings is 3. The molecule has 0 aliphatic carbocycles. The normalized spacial score (nSPS) is 12.4. The molecule has 0 amide bonds. The van der Waals surface area contributed by atoms with Gasteiger partial charge in [-0.2, -0.15) is 8.42 Å². The van der Waals surface area contributed by atoms with Gasteiger partial charge in [-0.15, -0.1) is 0 Å². The van der Waals surface area contributed by atoms with Crippen LogP contribution in [0.15, 0.2) is 58.1 Å². The van der Waals surface area contributed by atoms with Gasteiger partial charge in [-0.3, -0.25) is 14.1 Å². The van der Waals surface area contributed by atoms with Gasteiger partial charge in [0.05, 0.1) is 21.9 Å². The molecule has 0 saturated heterocycles. The van der Waals surface area contributed by atoms with E-state index in [0.717, 1.165) is 5.56 Å². The number of pyridine rings is 2. The van der Waals surface area contributed by atoms with Crippen LogP contribution < -0.4 is 10.9 Å². The minimum Gasteiger partial charge on any atom is -0.354 e. The third kappa shape index (κ3) is 2.44. The van der Waals surface area contributed by atoms with Gasteiger partial charge in [0.15, 0.2) is 10.9 Å². The van der Waals surface area contributed by atoms with Crippen molar-refractivity contribution < 1.29 is 13.0 Å². The number of hydrogen-bond donors (Lipinski definition) is 2. The Bertz CT molecular complexity index is 1780. The Morgan fingerprint density at radius 3 is 2.33 bits per heavy atom. The highest BCUT2D eigenvalue weighted by Gasteiger charge is 2.22. The summed E-state index contributed by atoms with van der Waals surface area (Å²) in [6.45, 7) is 3.53. The van der Waals surface area contributed by atoms with E-state index in [4.69, 9.17) is 0 Å². The fraction of sp³-hybridized carbons (Fsp3) is 0.0909. The molecule has 0 unspecified atom stereocenters. The SMILES string of the molecule is Cc1ccc2[nH]c3c(C)c4c(=O)c5ccccc5n(S(=O)(=O)O)c4cc3c(=O)c2c1. The van der Waals surface area contributed by atoms with E-state index in [9.17, 15) is 22.6 Å². The Kier molecular flexibility index (Phi) is 3.71. The summed E-state index contributed by atoms with van der Waals surface area (Å²) < 4.78 is 35.3. The van der Waals surface area contributed by atoms with Crippen molar-refractivity contribution >= 4 is 53.9 Å². The lowest BCUT2D eigenvalue weighted by molar-refractivity contribution is 0.476. The number of aromatic nitrogens is 2. The number of para-hydroxylation sites is 1. The lowest BCUT2D eigenvalue weighted by Gasteiger charge is -2.15. The van der Waals surface area contributed by atoms with Gasteiger partial charge in [-0.05, 0) is 49.7 Å². The van der Waals surface area contributed by atoms with Crippen LogP contribution in [0.2, 0.25) is 0 Å². The minimum atomic E-state index is -4.75. The quantitative estimate of drug-likeness (QED) is 0.319. The first-order valence-electron chi connectivity index (χ1n) is 9.20. The van der Waals surface area contributed by atoms with Crippen molar-refractivity contribution in [2.45, 2.75) is 13.8 Å². The van der Waals surface area contributed by atoms with E-state index in [0.29, 0.717) is 26.0 Å². The number of nitrogens with zero attached hydrogens (tertiary/aromatic N) is 1. The Labute approximate surface area is 170 Å². The molecule has 3 aromatic carbocycles. The average molecular weight is 420 g/mol. The molecule has 7 nitrogen and oxygen atoms in total. The molecule has 2 aromatic heterocycles. The third-order valence-corrected chi connectivity index (χ3v) is 6.38. The van der Waals surface area contributed by atoms with Crippen LogP contribution in [0.25, 0.3) is 43.6 Å². The highest BCUT2D eigenvalue weighted by atomic mass is 32.2. The lowest BCUT2D eigenvalue weighted by atomic mass is 10.00. The first-order chi connectivity index (χ1) is 14.2. The van der Waals surface area contributed by atoms with Gasteiger partial charge in [-0.1, -0.05) is 23.8 Å².